The van der Waals surface area contributed by atoms with Crippen LogP contribution in [0.4, 0.5) is 16.3 Å². The second-order valence-electron chi connectivity index (χ2n) is 5.40. The van der Waals surface area contributed by atoms with Crippen molar-refractivity contribution in [3.8, 4) is 5.82 Å². The first-order valence-electron chi connectivity index (χ1n) is 8.01. The Hall–Kier alpha value is -3.13. The molecule has 0 bridgehead atoms. The monoisotopic (exact) mass is 371 g/mol. The third-order valence-electron chi connectivity index (χ3n) is 3.40. The van der Waals surface area contributed by atoms with E-state index in [4.69, 9.17) is 11.6 Å². The normalized spacial score (nSPS) is 10.4. The van der Waals surface area contributed by atoms with E-state index in [0.717, 1.165) is 0 Å². The number of urea groups is 1. The zero-order chi connectivity index (χ0) is 18.4. The summed E-state index contributed by atoms with van der Waals surface area (Å²) in [6.07, 6.45) is 3.50. The molecule has 0 saturated heterocycles. The molecule has 3 aromatic rings. The number of nitrogens with one attached hydrogen (secondary N) is 3. The smallest absolute Gasteiger partial charge is 0.319 e. The van der Waals surface area contributed by atoms with Gasteiger partial charge in [-0.15, -0.1) is 0 Å². The molecule has 2 amide bonds. The molecule has 0 atom stereocenters. The summed E-state index contributed by atoms with van der Waals surface area (Å²) in [6, 6.07) is 10.4. The van der Waals surface area contributed by atoms with Crippen LogP contribution in [0, 0.1) is 6.92 Å². The minimum atomic E-state index is -0.323. The Morgan fingerprint density at radius 1 is 1.19 bits per heavy atom. The zero-order valence-corrected chi connectivity index (χ0v) is 14.9. The molecule has 0 unspecified atom stereocenters. The third kappa shape index (κ3) is 4.70. The molecule has 1 aromatic carbocycles. The van der Waals surface area contributed by atoms with Gasteiger partial charge in [-0.25, -0.2) is 19.4 Å². The maximum atomic E-state index is 11.9. The summed E-state index contributed by atoms with van der Waals surface area (Å²) in [7, 11) is 0. The van der Waals surface area contributed by atoms with Gasteiger partial charge in [0.25, 0.3) is 0 Å². The number of halogens is 1. The van der Waals surface area contributed by atoms with E-state index < -0.39 is 0 Å². The molecule has 0 spiro atoms. The van der Waals surface area contributed by atoms with E-state index in [1.807, 2.05) is 19.2 Å². The highest BCUT2D eigenvalue weighted by atomic mass is 35.5. The van der Waals surface area contributed by atoms with Crippen LogP contribution in [0.1, 0.15) is 5.82 Å². The number of nitrogens with zero attached hydrogens (tertiary/aromatic N) is 4. The van der Waals surface area contributed by atoms with Crippen molar-refractivity contribution < 1.29 is 4.79 Å². The molecule has 0 aliphatic carbocycles. The van der Waals surface area contributed by atoms with E-state index in [1.54, 1.807) is 41.2 Å². The predicted molar refractivity (Wildman–Crippen MR) is 101 cm³/mol. The molecule has 26 heavy (non-hydrogen) atoms. The minimum absolute atomic E-state index is 0.323. The number of hydrogen-bond donors (Lipinski definition) is 3. The van der Waals surface area contributed by atoms with E-state index >= 15 is 0 Å². The molecule has 2 heterocycles. The lowest BCUT2D eigenvalue weighted by Gasteiger charge is -2.11. The molecular formula is C17H18ClN7O. The first-order chi connectivity index (χ1) is 12.6. The van der Waals surface area contributed by atoms with Crippen molar-refractivity contribution in [2.75, 3.05) is 23.7 Å². The number of aromatic nitrogens is 4. The van der Waals surface area contributed by atoms with Gasteiger partial charge >= 0.3 is 6.03 Å². The van der Waals surface area contributed by atoms with Crippen LogP contribution in [0.5, 0.6) is 0 Å². The molecule has 0 saturated carbocycles. The molecule has 3 rings (SSSR count). The molecule has 8 nitrogen and oxygen atoms in total. The van der Waals surface area contributed by atoms with E-state index in [0.29, 0.717) is 41.3 Å². The largest absolute Gasteiger partial charge is 0.368 e. The summed E-state index contributed by atoms with van der Waals surface area (Å²) in [5, 5.41) is 13.3. The van der Waals surface area contributed by atoms with Gasteiger partial charge in [0.15, 0.2) is 5.82 Å². The van der Waals surface area contributed by atoms with Crippen molar-refractivity contribution in [2.45, 2.75) is 6.92 Å². The quantitative estimate of drug-likeness (QED) is 0.579. The standard InChI is InChI=1S/C17H18ClN7O/c1-12-22-15(11-16(23-12)25-10-4-7-21-25)19-8-9-20-17(26)24-14-6-3-2-5-13(14)18/h2-7,10-11H,8-9H2,1H3,(H,19,22,23)(H2,20,24,26). The number of para-hydroxylation sites is 1. The first kappa shape index (κ1) is 17.7. The highest BCUT2D eigenvalue weighted by Gasteiger charge is 2.06. The Labute approximate surface area is 155 Å². The van der Waals surface area contributed by atoms with Crippen molar-refractivity contribution in [3.05, 3.63) is 59.6 Å². The average molecular weight is 372 g/mol. The molecule has 0 radical (unpaired) electrons. The number of anilines is 2. The fraction of sp³-hybridized carbons (Fsp3) is 0.176. The second kappa shape index (κ2) is 8.30. The van der Waals surface area contributed by atoms with Crippen LogP contribution in [0.25, 0.3) is 5.82 Å². The van der Waals surface area contributed by atoms with Gasteiger partial charge in [0.2, 0.25) is 0 Å². The van der Waals surface area contributed by atoms with Crippen LogP contribution in [0.2, 0.25) is 5.02 Å². The Bertz CT molecular complexity index is 883. The maximum Gasteiger partial charge on any atom is 0.319 e. The van der Waals surface area contributed by atoms with Crippen LogP contribution in [0.15, 0.2) is 48.8 Å². The fourth-order valence-corrected chi connectivity index (χ4v) is 2.44. The van der Waals surface area contributed by atoms with Crippen molar-refractivity contribution in [2.24, 2.45) is 0 Å². The lowest BCUT2D eigenvalue weighted by molar-refractivity contribution is 0.252. The lowest BCUT2D eigenvalue weighted by atomic mass is 10.3. The van der Waals surface area contributed by atoms with Gasteiger partial charge in [-0.2, -0.15) is 5.10 Å². The van der Waals surface area contributed by atoms with Crippen molar-refractivity contribution in [3.63, 3.8) is 0 Å². The molecule has 0 fully saturated rings. The van der Waals surface area contributed by atoms with E-state index in [-0.39, 0.29) is 6.03 Å². The van der Waals surface area contributed by atoms with Crippen LogP contribution in [0.3, 0.4) is 0 Å². The van der Waals surface area contributed by atoms with Crippen LogP contribution in [-0.4, -0.2) is 38.9 Å². The number of carbonyl (C=O) groups excluding carboxylic acids is 1. The minimum Gasteiger partial charge on any atom is -0.368 e. The van der Waals surface area contributed by atoms with E-state index in [1.165, 1.54) is 0 Å². The maximum absolute atomic E-state index is 11.9. The average Bonchev–Trinajstić information content (AvgIpc) is 3.15. The summed E-state index contributed by atoms with van der Waals surface area (Å²) in [6.45, 7) is 2.73. The van der Waals surface area contributed by atoms with Gasteiger partial charge in [0.1, 0.15) is 11.6 Å². The second-order valence-corrected chi connectivity index (χ2v) is 5.80. The SMILES string of the molecule is Cc1nc(NCCNC(=O)Nc2ccccc2Cl)cc(-n2cccn2)n1. The highest BCUT2D eigenvalue weighted by Crippen LogP contribution is 2.19. The van der Waals surface area contributed by atoms with Crippen LogP contribution >= 0.6 is 11.6 Å². The van der Waals surface area contributed by atoms with E-state index in [9.17, 15) is 4.79 Å². The predicted octanol–water partition coefficient (Wildman–Crippen LogP) is 2.86. The Balaban J connectivity index is 1.49. The zero-order valence-electron chi connectivity index (χ0n) is 14.1. The summed E-state index contributed by atoms with van der Waals surface area (Å²) in [5.74, 6) is 1.97. The number of carbonyl (C=O) groups is 1. The molecule has 134 valence electrons. The van der Waals surface area contributed by atoms with Crippen LogP contribution < -0.4 is 16.0 Å². The lowest BCUT2D eigenvalue weighted by Crippen LogP contribution is -2.32. The summed E-state index contributed by atoms with van der Waals surface area (Å²) in [5.41, 5.74) is 0.565. The van der Waals surface area contributed by atoms with Gasteiger partial charge < -0.3 is 16.0 Å². The molecule has 2 aromatic heterocycles. The topological polar surface area (TPSA) is 96.8 Å². The molecule has 0 aliphatic rings. The molecule has 3 N–H and O–H groups in total. The number of rotatable bonds is 6. The third-order valence-corrected chi connectivity index (χ3v) is 3.73. The van der Waals surface area contributed by atoms with Gasteiger partial charge in [0, 0.05) is 31.5 Å². The van der Waals surface area contributed by atoms with Gasteiger partial charge in [-0.05, 0) is 25.1 Å². The van der Waals surface area contributed by atoms with Gasteiger partial charge in [-0.3, -0.25) is 0 Å². The van der Waals surface area contributed by atoms with Crippen LogP contribution in [-0.2, 0) is 0 Å². The molecule has 0 aliphatic heterocycles. The number of aryl methyl sites for hydroxylation is 1. The van der Waals surface area contributed by atoms with Crippen molar-refractivity contribution >= 4 is 29.1 Å². The first-order valence-corrected chi connectivity index (χ1v) is 8.38. The Kier molecular flexibility index (Phi) is 5.65. The van der Waals surface area contributed by atoms with E-state index in [2.05, 4.69) is 31.0 Å². The summed E-state index contributed by atoms with van der Waals surface area (Å²) < 4.78 is 1.66. The van der Waals surface area contributed by atoms with Gasteiger partial charge in [0.05, 0.1) is 10.7 Å². The molecular weight excluding hydrogens is 354 g/mol. The summed E-state index contributed by atoms with van der Waals surface area (Å²) >= 11 is 6.01. The van der Waals surface area contributed by atoms with Gasteiger partial charge in [-0.1, -0.05) is 23.7 Å². The van der Waals surface area contributed by atoms with Crippen molar-refractivity contribution in [1.82, 2.24) is 25.1 Å². The number of hydrogen-bond acceptors (Lipinski definition) is 5. The summed E-state index contributed by atoms with van der Waals surface area (Å²) in [4.78, 5) is 20.6. The highest BCUT2D eigenvalue weighted by molar-refractivity contribution is 6.33. The number of amides is 2. The van der Waals surface area contributed by atoms with Crippen molar-refractivity contribution in [1.29, 1.82) is 0 Å². The Morgan fingerprint density at radius 3 is 2.81 bits per heavy atom. The molecule has 9 heteroatoms. The Morgan fingerprint density at radius 2 is 2.04 bits per heavy atom. The fourth-order valence-electron chi connectivity index (χ4n) is 2.26. The number of benzene rings is 1.